The number of anilines is 1. The van der Waals surface area contributed by atoms with Gasteiger partial charge in [0.25, 0.3) is 5.91 Å². The first-order valence-corrected chi connectivity index (χ1v) is 13.2. The summed E-state index contributed by atoms with van der Waals surface area (Å²) < 4.78 is 25.0. The Balaban J connectivity index is 1.22. The number of amides is 2. The summed E-state index contributed by atoms with van der Waals surface area (Å²) in [6.45, 7) is 2.79. The summed E-state index contributed by atoms with van der Waals surface area (Å²) in [4.78, 5) is 38.0. The van der Waals surface area contributed by atoms with E-state index in [0.29, 0.717) is 51.5 Å². The van der Waals surface area contributed by atoms with Crippen LogP contribution in [0.2, 0.25) is 0 Å². The second-order valence-electron chi connectivity index (χ2n) is 10.4. The molecule has 0 spiro atoms. The Hall–Kier alpha value is -2.37. The molecule has 4 aliphatic rings. The maximum atomic E-state index is 13.3. The molecule has 0 aromatic carbocycles. The van der Waals surface area contributed by atoms with Crippen molar-refractivity contribution >= 4 is 17.8 Å². The molecule has 2 unspecified atom stereocenters. The highest BCUT2D eigenvalue weighted by Crippen LogP contribution is 2.35. The quantitative estimate of drug-likeness (QED) is 0.567. The lowest BCUT2D eigenvalue weighted by atomic mass is 9.78. The summed E-state index contributed by atoms with van der Waals surface area (Å²) in [6.07, 6.45) is 8.25. The van der Waals surface area contributed by atoms with Gasteiger partial charge in [0, 0.05) is 26.2 Å². The van der Waals surface area contributed by atoms with Gasteiger partial charge in [0.05, 0.1) is 37.2 Å². The van der Waals surface area contributed by atoms with E-state index in [-0.39, 0.29) is 36.6 Å². The lowest BCUT2D eigenvalue weighted by Gasteiger charge is -2.47. The Morgan fingerprint density at radius 1 is 1.11 bits per heavy atom. The SMILES string of the molecule is O=C(NC1CCCN(C(=O)C2(O)CCC2)C1COC1CCN(c2ncc(F)cn2)CC1)[C@@H]1CCCO1. The van der Waals surface area contributed by atoms with Gasteiger partial charge in [-0.1, -0.05) is 0 Å². The standard InChI is InChI=1S/C25H36FN5O5/c26-17-14-27-24(28-15-17)30-11-6-18(7-12-30)36-16-20-19(29-22(32)21-5-2-13-35-21)4-1-10-31(20)23(33)25(34)8-3-9-25/h14-15,18-21,34H,1-13,16H2,(H,29,32)/t19?,20?,21-/m0/s1. The molecule has 11 heteroatoms. The van der Waals surface area contributed by atoms with Crippen molar-refractivity contribution in [2.75, 3.05) is 37.7 Å². The number of halogens is 1. The average Bonchev–Trinajstić information content (AvgIpc) is 3.42. The molecule has 4 fully saturated rings. The average molecular weight is 506 g/mol. The van der Waals surface area contributed by atoms with Crippen molar-refractivity contribution in [3.05, 3.63) is 18.2 Å². The summed E-state index contributed by atoms with van der Waals surface area (Å²) in [6, 6.07) is -0.601. The zero-order valence-corrected chi connectivity index (χ0v) is 20.6. The fourth-order valence-corrected chi connectivity index (χ4v) is 5.66. The maximum absolute atomic E-state index is 13.3. The molecule has 198 valence electrons. The van der Waals surface area contributed by atoms with Gasteiger partial charge in [-0.2, -0.15) is 0 Å². The normalized spacial score (nSPS) is 28.6. The van der Waals surface area contributed by atoms with Crippen LogP contribution in [0.3, 0.4) is 0 Å². The van der Waals surface area contributed by atoms with Crippen LogP contribution >= 0.6 is 0 Å². The van der Waals surface area contributed by atoms with Gasteiger partial charge in [-0.25, -0.2) is 14.4 Å². The first kappa shape index (κ1) is 25.3. The monoisotopic (exact) mass is 505 g/mol. The first-order valence-electron chi connectivity index (χ1n) is 13.2. The molecule has 10 nitrogen and oxygen atoms in total. The topological polar surface area (TPSA) is 117 Å². The van der Waals surface area contributed by atoms with Crippen LogP contribution in [0, 0.1) is 5.82 Å². The number of hydrogen-bond acceptors (Lipinski definition) is 8. The van der Waals surface area contributed by atoms with E-state index in [1.54, 1.807) is 4.90 Å². The highest BCUT2D eigenvalue weighted by molar-refractivity contribution is 5.86. The minimum Gasteiger partial charge on any atom is -0.380 e. The first-order chi connectivity index (χ1) is 17.4. The summed E-state index contributed by atoms with van der Waals surface area (Å²) in [5.41, 5.74) is -1.29. The minimum absolute atomic E-state index is 0.0121. The number of carbonyl (C=O) groups excluding carboxylic acids is 2. The van der Waals surface area contributed by atoms with Gasteiger partial charge in [0.15, 0.2) is 5.82 Å². The Bertz CT molecular complexity index is 916. The van der Waals surface area contributed by atoms with Crippen molar-refractivity contribution in [3.8, 4) is 0 Å². The molecule has 1 saturated carbocycles. The van der Waals surface area contributed by atoms with Crippen LogP contribution in [0.5, 0.6) is 0 Å². The molecular formula is C25H36FN5O5. The second kappa shape index (κ2) is 10.9. The summed E-state index contributed by atoms with van der Waals surface area (Å²) in [5, 5.41) is 13.9. The molecule has 1 aromatic heterocycles. The van der Waals surface area contributed by atoms with Gasteiger partial charge in [-0.15, -0.1) is 0 Å². The van der Waals surface area contributed by atoms with E-state index in [1.807, 2.05) is 4.90 Å². The van der Waals surface area contributed by atoms with E-state index in [0.717, 1.165) is 38.5 Å². The third kappa shape index (κ3) is 5.47. The molecule has 2 amide bonds. The number of nitrogens with one attached hydrogen (secondary N) is 1. The Labute approximate surface area is 210 Å². The van der Waals surface area contributed by atoms with Gasteiger partial charge in [-0.3, -0.25) is 9.59 Å². The molecule has 2 N–H and O–H groups in total. The Kier molecular flexibility index (Phi) is 7.68. The van der Waals surface area contributed by atoms with Gasteiger partial charge >= 0.3 is 0 Å². The highest BCUT2D eigenvalue weighted by atomic mass is 19.1. The van der Waals surface area contributed by atoms with E-state index < -0.39 is 17.5 Å². The summed E-state index contributed by atoms with van der Waals surface area (Å²) in [5.74, 6) is -0.339. The Morgan fingerprint density at radius 2 is 1.86 bits per heavy atom. The van der Waals surface area contributed by atoms with E-state index in [2.05, 4.69) is 15.3 Å². The van der Waals surface area contributed by atoms with E-state index in [4.69, 9.17) is 9.47 Å². The van der Waals surface area contributed by atoms with Crippen molar-refractivity contribution < 1.29 is 28.6 Å². The van der Waals surface area contributed by atoms with Crippen molar-refractivity contribution in [1.82, 2.24) is 20.2 Å². The zero-order chi connectivity index (χ0) is 25.1. The molecule has 3 atom stereocenters. The van der Waals surface area contributed by atoms with Gasteiger partial charge < -0.3 is 29.7 Å². The van der Waals surface area contributed by atoms with E-state index in [1.165, 1.54) is 12.4 Å². The summed E-state index contributed by atoms with van der Waals surface area (Å²) in [7, 11) is 0. The molecule has 1 aromatic rings. The van der Waals surface area contributed by atoms with Crippen LogP contribution in [0.25, 0.3) is 0 Å². The highest BCUT2D eigenvalue weighted by Gasteiger charge is 2.48. The number of nitrogens with zero attached hydrogens (tertiary/aromatic N) is 4. The summed E-state index contributed by atoms with van der Waals surface area (Å²) >= 11 is 0. The van der Waals surface area contributed by atoms with Gasteiger partial charge in [0.1, 0.15) is 11.7 Å². The number of piperidine rings is 2. The molecule has 5 rings (SSSR count). The number of aliphatic hydroxyl groups is 1. The predicted octanol–water partition coefficient (Wildman–Crippen LogP) is 1.17. The number of aromatic nitrogens is 2. The number of likely N-dealkylation sites (tertiary alicyclic amines) is 1. The fraction of sp³-hybridized carbons (Fsp3) is 0.760. The lowest BCUT2D eigenvalue weighted by Crippen LogP contribution is -2.64. The maximum Gasteiger partial charge on any atom is 0.254 e. The molecular weight excluding hydrogens is 469 g/mol. The van der Waals surface area contributed by atoms with Crippen LogP contribution in [0.15, 0.2) is 12.4 Å². The minimum atomic E-state index is -1.29. The van der Waals surface area contributed by atoms with Crippen molar-refractivity contribution in [2.45, 2.75) is 87.7 Å². The fourth-order valence-electron chi connectivity index (χ4n) is 5.66. The number of carbonyl (C=O) groups is 2. The largest absolute Gasteiger partial charge is 0.380 e. The van der Waals surface area contributed by atoms with Crippen LogP contribution < -0.4 is 10.2 Å². The number of ether oxygens (including phenoxy) is 2. The van der Waals surface area contributed by atoms with Crippen LogP contribution in [0.4, 0.5) is 10.3 Å². The third-order valence-corrected chi connectivity index (χ3v) is 8.00. The van der Waals surface area contributed by atoms with E-state index in [9.17, 15) is 19.1 Å². The van der Waals surface area contributed by atoms with Crippen molar-refractivity contribution in [1.29, 1.82) is 0 Å². The molecule has 0 bridgehead atoms. The smallest absolute Gasteiger partial charge is 0.254 e. The molecule has 3 aliphatic heterocycles. The predicted molar refractivity (Wildman–Crippen MR) is 128 cm³/mol. The van der Waals surface area contributed by atoms with Gasteiger partial charge in [0.2, 0.25) is 11.9 Å². The Morgan fingerprint density at radius 3 is 2.50 bits per heavy atom. The van der Waals surface area contributed by atoms with Crippen molar-refractivity contribution in [3.63, 3.8) is 0 Å². The number of hydrogen-bond donors (Lipinski definition) is 2. The van der Waals surface area contributed by atoms with Gasteiger partial charge in [-0.05, 0) is 57.8 Å². The molecule has 1 aliphatic carbocycles. The van der Waals surface area contributed by atoms with Crippen LogP contribution in [-0.4, -0.2) is 94.5 Å². The number of rotatable bonds is 7. The lowest BCUT2D eigenvalue weighted by molar-refractivity contribution is -0.168. The van der Waals surface area contributed by atoms with E-state index >= 15 is 0 Å². The second-order valence-corrected chi connectivity index (χ2v) is 10.4. The molecule has 0 radical (unpaired) electrons. The molecule has 36 heavy (non-hydrogen) atoms. The van der Waals surface area contributed by atoms with Crippen LogP contribution in [0.1, 0.15) is 57.8 Å². The molecule has 3 saturated heterocycles. The zero-order valence-electron chi connectivity index (χ0n) is 20.6. The van der Waals surface area contributed by atoms with Crippen molar-refractivity contribution in [2.24, 2.45) is 0 Å². The third-order valence-electron chi connectivity index (χ3n) is 8.00. The molecule has 4 heterocycles. The van der Waals surface area contributed by atoms with Crippen LogP contribution in [-0.2, 0) is 19.1 Å².